The molecule has 0 aliphatic carbocycles. The molecule has 1 aliphatic rings. The first kappa shape index (κ1) is 14.0. The van der Waals surface area contributed by atoms with E-state index in [1.807, 2.05) is 20.8 Å². The van der Waals surface area contributed by atoms with Crippen LogP contribution in [-0.2, 0) is 9.59 Å². The molecule has 0 aromatic rings. The van der Waals surface area contributed by atoms with Crippen LogP contribution >= 0.6 is 0 Å². The predicted octanol–water partition coefficient (Wildman–Crippen LogP) is 1.55. The molecule has 1 N–H and O–H groups in total. The molecule has 1 heterocycles. The van der Waals surface area contributed by atoms with E-state index in [0.717, 1.165) is 19.4 Å². The lowest BCUT2D eigenvalue weighted by molar-refractivity contribution is -0.132. The summed E-state index contributed by atoms with van der Waals surface area (Å²) in [6.45, 7) is 9.37. The fourth-order valence-electron chi connectivity index (χ4n) is 2.06. The summed E-state index contributed by atoms with van der Waals surface area (Å²) in [6, 6.07) is 0. The fraction of sp³-hybridized carbons (Fsp3) is 0.846. The number of carbonyl (C=O) groups is 2. The number of carbonyl (C=O) groups excluding carboxylic acids is 2. The summed E-state index contributed by atoms with van der Waals surface area (Å²) in [5.41, 5.74) is -0.185. The van der Waals surface area contributed by atoms with Gasteiger partial charge in [-0.25, -0.2) is 0 Å². The Hall–Kier alpha value is -1.06. The highest BCUT2D eigenvalue weighted by atomic mass is 16.2. The van der Waals surface area contributed by atoms with Crippen LogP contribution in [0.3, 0.4) is 0 Å². The average molecular weight is 240 g/mol. The van der Waals surface area contributed by atoms with E-state index in [9.17, 15) is 9.59 Å². The maximum atomic E-state index is 11.8. The van der Waals surface area contributed by atoms with Crippen molar-refractivity contribution in [2.75, 3.05) is 13.1 Å². The third kappa shape index (κ3) is 3.72. The largest absolute Gasteiger partial charge is 0.356 e. The number of hydrogen-bond acceptors (Lipinski definition) is 2. The van der Waals surface area contributed by atoms with Gasteiger partial charge in [0.2, 0.25) is 11.8 Å². The third-order valence-corrected chi connectivity index (χ3v) is 3.14. The second kappa shape index (κ2) is 5.52. The number of nitrogens with one attached hydrogen (secondary N) is 1. The summed E-state index contributed by atoms with van der Waals surface area (Å²) >= 11 is 0. The van der Waals surface area contributed by atoms with Gasteiger partial charge in [-0.05, 0) is 27.2 Å². The summed E-state index contributed by atoms with van der Waals surface area (Å²) in [5, 5.41) is 2.90. The van der Waals surface area contributed by atoms with Crippen molar-refractivity contribution in [3.63, 3.8) is 0 Å². The summed E-state index contributed by atoms with van der Waals surface area (Å²) in [6.07, 6.45) is 2.42. The first-order valence-electron chi connectivity index (χ1n) is 6.44. The second-order valence-corrected chi connectivity index (χ2v) is 5.72. The van der Waals surface area contributed by atoms with Crippen molar-refractivity contribution >= 4 is 11.8 Å². The minimum absolute atomic E-state index is 0.0264. The molecule has 0 aromatic carbocycles. The summed E-state index contributed by atoms with van der Waals surface area (Å²) in [7, 11) is 0. The zero-order chi connectivity index (χ0) is 13.1. The molecule has 17 heavy (non-hydrogen) atoms. The monoisotopic (exact) mass is 240 g/mol. The van der Waals surface area contributed by atoms with Gasteiger partial charge in [0, 0.05) is 25.0 Å². The zero-order valence-electron chi connectivity index (χ0n) is 11.4. The molecule has 1 atom stereocenters. The van der Waals surface area contributed by atoms with Crippen LogP contribution in [0.4, 0.5) is 0 Å². The minimum atomic E-state index is -0.185. The number of nitrogens with zero attached hydrogens (tertiary/aromatic N) is 1. The Bertz CT molecular complexity index is 294. The SMILES string of the molecule is CCCCNC(=O)C1CC(=O)N(C(C)(C)C)C1. The molecule has 0 saturated carbocycles. The van der Waals surface area contributed by atoms with Gasteiger partial charge in [0.15, 0.2) is 0 Å². The lowest BCUT2D eigenvalue weighted by atomic mass is 10.1. The van der Waals surface area contributed by atoms with Crippen LogP contribution in [0.2, 0.25) is 0 Å². The van der Waals surface area contributed by atoms with E-state index in [2.05, 4.69) is 12.2 Å². The van der Waals surface area contributed by atoms with Crippen LogP contribution in [0.15, 0.2) is 0 Å². The van der Waals surface area contributed by atoms with Crippen LogP contribution in [0.1, 0.15) is 47.0 Å². The topological polar surface area (TPSA) is 49.4 Å². The Kier molecular flexibility index (Phi) is 4.54. The Labute approximate surface area is 104 Å². The van der Waals surface area contributed by atoms with Crippen LogP contribution < -0.4 is 5.32 Å². The van der Waals surface area contributed by atoms with Gasteiger partial charge in [-0.3, -0.25) is 9.59 Å². The third-order valence-electron chi connectivity index (χ3n) is 3.14. The van der Waals surface area contributed by atoms with Crippen LogP contribution in [0, 0.1) is 5.92 Å². The molecule has 1 rings (SSSR count). The Morgan fingerprint density at radius 1 is 1.47 bits per heavy atom. The van der Waals surface area contributed by atoms with Gasteiger partial charge in [-0.1, -0.05) is 13.3 Å². The van der Waals surface area contributed by atoms with Crippen molar-refractivity contribution in [3.05, 3.63) is 0 Å². The van der Waals surface area contributed by atoms with Gasteiger partial charge < -0.3 is 10.2 Å². The van der Waals surface area contributed by atoms with E-state index in [1.54, 1.807) is 4.90 Å². The number of rotatable bonds is 4. The van der Waals surface area contributed by atoms with Crippen molar-refractivity contribution in [3.8, 4) is 0 Å². The van der Waals surface area contributed by atoms with Crippen molar-refractivity contribution < 1.29 is 9.59 Å². The number of likely N-dealkylation sites (tertiary alicyclic amines) is 1. The Morgan fingerprint density at radius 2 is 2.12 bits per heavy atom. The van der Waals surface area contributed by atoms with Gasteiger partial charge in [-0.15, -0.1) is 0 Å². The highest BCUT2D eigenvalue weighted by Crippen LogP contribution is 2.25. The van der Waals surface area contributed by atoms with E-state index in [0.29, 0.717) is 13.0 Å². The first-order valence-corrected chi connectivity index (χ1v) is 6.44. The Morgan fingerprint density at radius 3 is 2.59 bits per heavy atom. The molecular formula is C13H24N2O2. The molecule has 1 fully saturated rings. The fourth-order valence-corrected chi connectivity index (χ4v) is 2.06. The van der Waals surface area contributed by atoms with Crippen LogP contribution in [0.25, 0.3) is 0 Å². The summed E-state index contributed by atoms with van der Waals surface area (Å²) in [4.78, 5) is 25.5. The van der Waals surface area contributed by atoms with E-state index in [-0.39, 0.29) is 23.3 Å². The molecule has 0 bridgehead atoms. The van der Waals surface area contributed by atoms with Gasteiger partial charge in [0.25, 0.3) is 0 Å². The molecule has 1 unspecified atom stereocenters. The maximum Gasteiger partial charge on any atom is 0.225 e. The van der Waals surface area contributed by atoms with Crippen molar-refractivity contribution in [2.45, 2.75) is 52.5 Å². The predicted molar refractivity (Wildman–Crippen MR) is 67.5 cm³/mol. The van der Waals surface area contributed by atoms with Gasteiger partial charge >= 0.3 is 0 Å². The molecule has 0 spiro atoms. The molecule has 4 nitrogen and oxygen atoms in total. The summed E-state index contributed by atoms with van der Waals surface area (Å²) < 4.78 is 0. The van der Waals surface area contributed by atoms with E-state index in [4.69, 9.17) is 0 Å². The molecular weight excluding hydrogens is 216 g/mol. The molecule has 1 saturated heterocycles. The van der Waals surface area contributed by atoms with Crippen LogP contribution in [0.5, 0.6) is 0 Å². The van der Waals surface area contributed by atoms with E-state index >= 15 is 0 Å². The van der Waals surface area contributed by atoms with Gasteiger partial charge in [-0.2, -0.15) is 0 Å². The number of unbranched alkanes of at least 4 members (excludes halogenated alkanes) is 1. The van der Waals surface area contributed by atoms with Gasteiger partial charge in [0.05, 0.1) is 5.92 Å². The lowest BCUT2D eigenvalue weighted by Crippen LogP contribution is -2.43. The van der Waals surface area contributed by atoms with Crippen molar-refractivity contribution in [2.24, 2.45) is 5.92 Å². The lowest BCUT2D eigenvalue weighted by Gasteiger charge is -2.31. The molecule has 4 heteroatoms. The molecule has 0 radical (unpaired) electrons. The Balaban J connectivity index is 2.48. The average Bonchev–Trinajstić information content (AvgIpc) is 2.60. The van der Waals surface area contributed by atoms with E-state index < -0.39 is 0 Å². The molecule has 2 amide bonds. The van der Waals surface area contributed by atoms with Crippen molar-refractivity contribution in [1.29, 1.82) is 0 Å². The second-order valence-electron chi connectivity index (χ2n) is 5.72. The number of amides is 2. The van der Waals surface area contributed by atoms with E-state index in [1.165, 1.54) is 0 Å². The molecule has 98 valence electrons. The van der Waals surface area contributed by atoms with Crippen molar-refractivity contribution in [1.82, 2.24) is 10.2 Å². The minimum Gasteiger partial charge on any atom is -0.356 e. The zero-order valence-corrected chi connectivity index (χ0v) is 11.4. The summed E-state index contributed by atoms with van der Waals surface area (Å²) in [5.74, 6) is -0.0507. The smallest absolute Gasteiger partial charge is 0.225 e. The highest BCUT2D eigenvalue weighted by Gasteiger charge is 2.39. The first-order chi connectivity index (χ1) is 7.86. The standard InChI is InChI=1S/C13H24N2O2/c1-5-6-7-14-12(17)10-8-11(16)15(9-10)13(2,3)4/h10H,5-9H2,1-4H3,(H,14,17). The van der Waals surface area contributed by atoms with Crippen LogP contribution in [-0.4, -0.2) is 35.3 Å². The van der Waals surface area contributed by atoms with Gasteiger partial charge in [0.1, 0.15) is 0 Å². The maximum absolute atomic E-state index is 11.8. The molecule has 0 aromatic heterocycles. The molecule has 1 aliphatic heterocycles. The normalized spacial score (nSPS) is 20.8. The quantitative estimate of drug-likeness (QED) is 0.758. The highest BCUT2D eigenvalue weighted by molar-refractivity contribution is 5.89. The number of hydrogen-bond donors (Lipinski definition) is 1.